The first-order chi connectivity index (χ1) is 66.2. The molecule has 5 rings (SSSR count). The zero-order chi connectivity index (χ0) is 108. The average Bonchev–Trinajstić information content (AvgIpc) is 0.861. The highest BCUT2D eigenvalue weighted by molar-refractivity contribution is 8.00. The van der Waals surface area contributed by atoms with Crippen molar-refractivity contribution in [1.82, 2.24) is 31.9 Å². The van der Waals surface area contributed by atoms with Crippen LogP contribution in [0.1, 0.15) is 288 Å². The summed E-state index contributed by atoms with van der Waals surface area (Å²) in [6.45, 7) is 49.3. The number of Topliss-reactive ketones (excluding diaryl/α,β-unsaturated/α-hetero) is 2. The number of amides is 6. The number of carbonyl (C=O) groups excluding carboxylic acids is 10. The summed E-state index contributed by atoms with van der Waals surface area (Å²) in [5, 5.41) is 17.4. The number of carbonyl (C=O) groups is 10. The van der Waals surface area contributed by atoms with Crippen LogP contribution < -0.4 is 31.9 Å². The van der Waals surface area contributed by atoms with Crippen LogP contribution in [0.15, 0.2) is 103 Å². The minimum Gasteiger partial charge on any atom is -0.462 e. The highest BCUT2D eigenvalue weighted by atomic mass is 35.5. The number of halogens is 1. The van der Waals surface area contributed by atoms with Gasteiger partial charge in [-0.25, -0.2) is 0 Å². The second kappa shape index (κ2) is 81.4. The molecule has 4 aromatic rings. The lowest BCUT2D eigenvalue weighted by atomic mass is 9.81. The predicted molar refractivity (Wildman–Crippen MR) is 586 cm³/mol. The number of rotatable bonds is 57. The largest absolute Gasteiger partial charge is 0.462 e. The van der Waals surface area contributed by atoms with E-state index >= 15 is 0 Å². The van der Waals surface area contributed by atoms with Crippen LogP contribution in [0.2, 0.25) is 5.02 Å². The van der Waals surface area contributed by atoms with Gasteiger partial charge in [0.2, 0.25) is 35.4 Å². The first kappa shape index (κ1) is 138. The summed E-state index contributed by atoms with van der Waals surface area (Å²) in [7, 11) is 13.6. The number of ketones is 2. The molecule has 1 aliphatic carbocycles. The molecule has 0 spiro atoms. The van der Waals surface area contributed by atoms with E-state index in [9.17, 15) is 47.9 Å². The molecule has 0 saturated heterocycles. The van der Waals surface area contributed by atoms with Gasteiger partial charge < -0.3 is 88.9 Å². The molecule has 1 fully saturated rings. The van der Waals surface area contributed by atoms with E-state index in [1.807, 2.05) is 133 Å². The maximum absolute atomic E-state index is 12.3. The summed E-state index contributed by atoms with van der Waals surface area (Å²) >= 11 is 13.1. The number of benzene rings is 4. The molecule has 1 saturated carbocycles. The van der Waals surface area contributed by atoms with Gasteiger partial charge in [-0.15, -0.1) is 0 Å². The lowest BCUT2D eigenvalue weighted by Crippen LogP contribution is -2.35. The third-order valence-corrected chi connectivity index (χ3v) is 27.8. The number of hydrogen-bond acceptors (Lipinski definition) is 24. The van der Waals surface area contributed by atoms with Crippen LogP contribution in [-0.2, 0) is 121 Å². The molecule has 8 atom stereocenters. The molecule has 0 radical (unpaired) electrons. The van der Waals surface area contributed by atoms with E-state index in [2.05, 4.69) is 130 Å². The molecular weight excluding hydrogens is 1890 g/mol. The summed E-state index contributed by atoms with van der Waals surface area (Å²) in [5.41, 5.74) is 5.70. The monoisotopic (exact) mass is 2080 g/mol. The molecule has 26 nitrogen and oxygen atoms in total. The van der Waals surface area contributed by atoms with Crippen molar-refractivity contribution in [1.29, 1.82) is 0 Å². The van der Waals surface area contributed by atoms with Crippen molar-refractivity contribution in [3.05, 3.63) is 142 Å². The molecule has 31 heteroatoms. The second-order valence-electron chi connectivity index (χ2n) is 40.3. The van der Waals surface area contributed by atoms with E-state index in [0.717, 1.165) is 132 Å². The molecular formula is C110H187ClN6O20S4. The van der Waals surface area contributed by atoms with Gasteiger partial charge in [0.25, 0.3) is 0 Å². The third-order valence-electron chi connectivity index (χ3n) is 21.8. The lowest BCUT2D eigenvalue weighted by molar-refractivity contribution is -0.164. The van der Waals surface area contributed by atoms with Crippen LogP contribution in [-0.4, -0.2) is 237 Å². The Labute approximate surface area is 873 Å². The first-order valence-corrected chi connectivity index (χ1v) is 54.4. The zero-order valence-electron chi connectivity index (χ0n) is 92.1. The molecule has 0 aromatic heterocycles. The van der Waals surface area contributed by atoms with E-state index in [1.165, 1.54) is 58.1 Å². The first-order valence-electron chi connectivity index (χ1n) is 49.4. The molecule has 1 aliphatic rings. The molecule has 6 N–H and O–H groups in total. The predicted octanol–water partition coefficient (Wildman–Crippen LogP) is 20.8. The van der Waals surface area contributed by atoms with Crippen molar-refractivity contribution in [3.8, 4) is 0 Å². The third kappa shape index (κ3) is 81.2. The molecule has 6 amide bonds. The van der Waals surface area contributed by atoms with E-state index in [4.69, 9.17) is 59.0 Å². The van der Waals surface area contributed by atoms with Crippen LogP contribution in [0.4, 0.5) is 0 Å². The van der Waals surface area contributed by atoms with Gasteiger partial charge in [0.05, 0.1) is 61.7 Å². The number of esters is 2. The average molecular weight is 2080 g/mol. The Balaban J connectivity index is -0.00000155. The quantitative estimate of drug-likeness (QED) is 0.0224. The second-order valence-corrected chi connectivity index (χ2v) is 44.9. The van der Waals surface area contributed by atoms with Crippen LogP contribution in [0.25, 0.3) is 0 Å². The molecule has 0 aliphatic heterocycles. The van der Waals surface area contributed by atoms with Crippen LogP contribution in [0, 0.1) is 33.5 Å². The zero-order valence-corrected chi connectivity index (χ0v) is 96.1. The Morgan fingerprint density at radius 3 is 0.972 bits per heavy atom. The molecule has 0 bridgehead atoms. The van der Waals surface area contributed by atoms with Crippen molar-refractivity contribution < 1.29 is 95.3 Å². The van der Waals surface area contributed by atoms with Crippen LogP contribution in [0.3, 0.4) is 0 Å². The number of hydrogen-bond donors (Lipinski definition) is 6. The highest BCUT2D eigenvalue weighted by Crippen LogP contribution is 2.33. The maximum atomic E-state index is 12.3. The minimum atomic E-state index is -0.497. The number of nitrogens with one attached hydrogen (secondary N) is 6. The van der Waals surface area contributed by atoms with Crippen molar-refractivity contribution in [2.24, 2.45) is 33.5 Å². The fourth-order valence-corrected chi connectivity index (χ4v) is 18.8. The summed E-state index contributed by atoms with van der Waals surface area (Å²) in [4.78, 5) is 111. The summed E-state index contributed by atoms with van der Waals surface area (Å²) in [6, 6.07) is 34.2. The van der Waals surface area contributed by atoms with E-state index in [1.54, 1.807) is 108 Å². The van der Waals surface area contributed by atoms with E-state index in [-0.39, 0.29) is 100 Å². The van der Waals surface area contributed by atoms with Crippen molar-refractivity contribution in [2.75, 3.05) is 142 Å². The van der Waals surface area contributed by atoms with Gasteiger partial charge in [0.15, 0.2) is 0 Å². The van der Waals surface area contributed by atoms with Gasteiger partial charge >= 0.3 is 11.9 Å². The highest BCUT2D eigenvalue weighted by Gasteiger charge is 2.35. The summed E-state index contributed by atoms with van der Waals surface area (Å²) in [5.74, 6) is 9.69. The van der Waals surface area contributed by atoms with Crippen molar-refractivity contribution in [3.63, 3.8) is 0 Å². The van der Waals surface area contributed by atoms with Gasteiger partial charge in [-0.05, 0) is 205 Å². The Kier molecular flexibility index (Phi) is 80.0. The van der Waals surface area contributed by atoms with Crippen molar-refractivity contribution >= 4 is 118 Å². The number of methoxy groups -OCH3 is 8. The summed E-state index contributed by atoms with van der Waals surface area (Å²) < 4.78 is 52.7. The Hall–Kier alpha value is -6.65. The summed E-state index contributed by atoms with van der Waals surface area (Å²) in [6.07, 6.45) is 14.0. The smallest absolute Gasteiger partial charge is 0.312 e. The Morgan fingerprint density at radius 2 is 0.681 bits per heavy atom. The van der Waals surface area contributed by atoms with Crippen molar-refractivity contribution in [2.45, 2.75) is 317 Å². The standard InChI is InChI=1S/C16H30O4S.C14H21ClO2S.2C14H27NO2.C14H28O4S.C14H22O2S.2C12H16N2O2/c1-16(2,12-21-11-14(19-4)10-18-3)15(17)20-13-8-6-5-7-9-13;1-11(12-4-6-13(15)7-5-12)9-18-10-14(17-3)8-16-2;2*1-11(7-6-8-12(2)16)9-14(4,5)10-15-13(3)17;1-13(2,3)18-12(15)14(4,5)10-19-9-11(17-7)8-16-6;1-12(13-7-5-4-6-8-13)10-17-11-14(16-3)9-15-2;2*1-9(15)13-7-11-4-3-5-12(6-11)8-14-10(2)16/h13-14H,5-12H2,1-4H3;4-7,11,14H,8-10H2,1-3H3;2*11H,6-10H2,1-5H3,(H,15,17);11H,8-10H2,1-7H3;4-8,12,14H,9-11H2,1-3H3;2*3-6H,7-8H2,1-2H3,(H,13,15)(H,14,16). The molecule has 8 unspecified atom stereocenters. The van der Waals surface area contributed by atoms with Crippen LogP contribution in [0.5, 0.6) is 0 Å². The fourth-order valence-electron chi connectivity index (χ4n) is 13.9. The number of thioether (sulfide) groups is 4. The molecule has 808 valence electrons. The van der Waals surface area contributed by atoms with E-state index in [0.29, 0.717) is 94.9 Å². The Morgan fingerprint density at radius 1 is 0.376 bits per heavy atom. The fraction of sp³-hybridized carbons (Fsp3) is 0.691. The van der Waals surface area contributed by atoms with Gasteiger partial charge in [-0.2, -0.15) is 47.0 Å². The maximum Gasteiger partial charge on any atom is 0.312 e. The molecule has 0 heterocycles. The molecule has 141 heavy (non-hydrogen) atoms. The van der Waals surface area contributed by atoms with Gasteiger partial charge in [-0.1, -0.05) is 177 Å². The minimum absolute atomic E-state index is 0.0299. The van der Waals surface area contributed by atoms with Gasteiger partial charge in [0.1, 0.15) is 23.3 Å². The normalized spacial score (nSPS) is 13.6. The lowest BCUT2D eigenvalue weighted by Gasteiger charge is -2.28. The topological polar surface area (TPSA) is 335 Å². The van der Waals surface area contributed by atoms with Crippen LogP contribution >= 0.6 is 58.6 Å². The van der Waals surface area contributed by atoms with Gasteiger partial charge in [0, 0.05) is 190 Å². The van der Waals surface area contributed by atoms with Gasteiger partial charge in [-0.3, -0.25) is 38.4 Å². The SMILES string of the molecule is CC(=O)CCCC(C)CC(C)(C)CNC(C)=O.CC(=O)CCCC(C)CC(C)(C)CNC(C)=O.CC(=O)NCc1cccc(CNC(C)=O)c1.CC(=O)NCc1cccc(CNC(C)=O)c1.COCC(CSCC(C)(C)C(=O)OC(C)(C)C)OC.COCC(CSCC(C)(C)C(=O)OC1CCCCC1)OC.COCC(CSCC(C)c1ccc(Cl)cc1)OC.COCC(CSCC(C)c1ccccc1)OC. The van der Waals surface area contributed by atoms with E-state index < -0.39 is 16.4 Å². The number of ether oxygens (including phenoxy) is 10. The molecule has 4 aromatic carbocycles. The Bertz CT molecular complexity index is 3810.